The number of aryl methyl sites for hydroxylation is 1. The lowest BCUT2D eigenvalue weighted by atomic mass is 9.90. The summed E-state index contributed by atoms with van der Waals surface area (Å²) >= 11 is 0. The molecule has 0 amide bonds. The average Bonchev–Trinajstić information content (AvgIpc) is 2.94. The molecule has 5 heteroatoms. The van der Waals surface area contributed by atoms with Crippen LogP contribution >= 0.6 is 0 Å². The van der Waals surface area contributed by atoms with Crippen LogP contribution in [0, 0.1) is 0 Å². The highest BCUT2D eigenvalue weighted by atomic mass is 16.7. The second kappa shape index (κ2) is 6.20. The first-order chi connectivity index (χ1) is 10.2. The van der Waals surface area contributed by atoms with Crippen molar-refractivity contribution in [2.45, 2.75) is 57.4 Å². The summed E-state index contributed by atoms with van der Waals surface area (Å²) < 4.78 is 13.3. The van der Waals surface area contributed by atoms with Gasteiger partial charge in [-0.1, -0.05) is 6.92 Å². The van der Waals surface area contributed by atoms with Crippen molar-refractivity contribution in [3.8, 4) is 0 Å². The van der Waals surface area contributed by atoms with Crippen molar-refractivity contribution < 1.29 is 9.47 Å². The Bertz CT molecular complexity index is 525. The molecule has 1 aromatic rings. The third kappa shape index (κ3) is 3.30. The second-order valence-corrected chi connectivity index (χ2v) is 5.98. The number of rotatable bonds is 4. The Morgan fingerprint density at radius 2 is 2.00 bits per heavy atom. The van der Waals surface area contributed by atoms with E-state index < -0.39 is 0 Å². The molecule has 1 aliphatic heterocycles. The third-order valence-electron chi connectivity index (χ3n) is 4.38. The average molecular weight is 292 g/mol. The number of anilines is 1. The number of ether oxygens (including phenoxy) is 2. The Morgan fingerprint density at radius 3 is 2.67 bits per heavy atom. The number of nitrogens with zero attached hydrogens (tertiary/aromatic N) is 1. The highest BCUT2D eigenvalue weighted by Gasteiger charge is 2.40. The first-order valence-electron chi connectivity index (χ1n) is 7.96. The maximum absolute atomic E-state index is 11.7. The van der Waals surface area contributed by atoms with Gasteiger partial charge in [0.25, 0.3) is 5.56 Å². The van der Waals surface area contributed by atoms with Gasteiger partial charge in [0.15, 0.2) is 5.79 Å². The quantitative estimate of drug-likeness (QED) is 0.925. The lowest BCUT2D eigenvalue weighted by molar-refractivity contribution is -0.177. The summed E-state index contributed by atoms with van der Waals surface area (Å²) in [5, 5.41) is 3.54. The molecule has 0 bridgehead atoms. The zero-order valence-electron chi connectivity index (χ0n) is 12.6. The molecule has 2 aliphatic rings. The minimum Gasteiger partial charge on any atom is -0.381 e. The Kier molecular flexibility index (Phi) is 4.31. The van der Waals surface area contributed by atoms with Crippen LogP contribution in [0.15, 0.2) is 23.1 Å². The van der Waals surface area contributed by atoms with Gasteiger partial charge in [-0.2, -0.15) is 0 Å². The molecular weight excluding hydrogens is 268 g/mol. The van der Waals surface area contributed by atoms with Crippen molar-refractivity contribution in [1.82, 2.24) is 4.57 Å². The summed E-state index contributed by atoms with van der Waals surface area (Å²) in [6.45, 7) is 4.29. The summed E-state index contributed by atoms with van der Waals surface area (Å²) in [7, 11) is 0. The fourth-order valence-corrected chi connectivity index (χ4v) is 3.26. The van der Waals surface area contributed by atoms with Gasteiger partial charge in [0.2, 0.25) is 0 Å². The monoisotopic (exact) mass is 292 g/mol. The van der Waals surface area contributed by atoms with Crippen molar-refractivity contribution in [1.29, 1.82) is 0 Å². The fourth-order valence-electron chi connectivity index (χ4n) is 3.26. The standard InChI is InChI=1S/C16H24N2O3/c1-2-9-18-12-14(3-4-15(18)19)17-13-5-7-16(8-6-13)20-10-11-21-16/h3-4,12-13,17H,2,5-11H2,1H3. The molecule has 21 heavy (non-hydrogen) atoms. The van der Waals surface area contributed by atoms with E-state index in [-0.39, 0.29) is 11.3 Å². The molecule has 116 valence electrons. The lowest BCUT2D eigenvalue weighted by Crippen LogP contribution is -2.39. The Labute approximate surface area is 125 Å². The van der Waals surface area contributed by atoms with Crippen LogP contribution in [-0.2, 0) is 16.0 Å². The van der Waals surface area contributed by atoms with Crippen LogP contribution in [-0.4, -0.2) is 29.6 Å². The summed E-state index contributed by atoms with van der Waals surface area (Å²) in [5.74, 6) is -0.306. The third-order valence-corrected chi connectivity index (χ3v) is 4.38. The highest BCUT2D eigenvalue weighted by Crippen LogP contribution is 2.36. The second-order valence-electron chi connectivity index (χ2n) is 5.98. The van der Waals surface area contributed by atoms with Crippen LogP contribution in [0.2, 0.25) is 0 Å². The molecular formula is C16H24N2O3. The molecule has 1 saturated heterocycles. The first-order valence-corrected chi connectivity index (χ1v) is 7.96. The van der Waals surface area contributed by atoms with Crippen LogP contribution in [0.5, 0.6) is 0 Å². The number of nitrogens with one attached hydrogen (secondary N) is 1. The number of hydrogen-bond donors (Lipinski definition) is 1. The molecule has 1 aromatic heterocycles. The summed E-state index contributed by atoms with van der Waals surface area (Å²) in [6.07, 6.45) is 6.85. The minimum atomic E-state index is -0.306. The molecule has 3 rings (SSSR count). The zero-order valence-corrected chi connectivity index (χ0v) is 12.6. The fraction of sp³-hybridized carbons (Fsp3) is 0.688. The van der Waals surface area contributed by atoms with E-state index in [0.29, 0.717) is 6.04 Å². The molecule has 0 unspecified atom stereocenters. The molecule has 0 radical (unpaired) electrons. The van der Waals surface area contributed by atoms with E-state index >= 15 is 0 Å². The Balaban J connectivity index is 1.60. The normalized spacial score (nSPS) is 21.8. The number of pyridine rings is 1. The van der Waals surface area contributed by atoms with Gasteiger partial charge in [-0.25, -0.2) is 0 Å². The van der Waals surface area contributed by atoms with Crippen LogP contribution in [0.3, 0.4) is 0 Å². The van der Waals surface area contributed by atoms with Gasteiger partial charge in [-0.3, -0.25) is 4.79 Å². The van der Waals surface area contributed by atoms with Crippen molar-refractivity contribution in [3.05, 3.63) is 28.7 Å². The van der Waals surface area contributed by atoms with E-state index in [1.54, 1.807) is 10.6 Å². The van der Waals surface area contributed by atoms with Crippen molar-refractivity contribution in [2.75, 3.05) is 18.5 Å². The number of aromatic nitrogens is 1. The van der Waals surface area contributed by atoms with E-state index in [2.05, 4.69) is 12.2 Å². The maximum atomic E-state index is 11.7. The van der Waals surface area contributed by atoms with Gasteiger partial charge in [0.05, 0.1) is 18.9 Å². The minimum absolute atomic E-state index is 0.0674. The van der Waals surface area contributed by atoms with E-state index in [0.717, 1.165) is 57.6 Å². The number of hydrogen-bond acceptors (Lipinski definition) is 4. The van der Waals surface area contributed by atoms with Gasteiger partial charge in [-0.05, 0) is 25.3 Å². The van der Waals surface area contributed by atoms with Crippen LogP contribution < -0.4 is 10.9 Å². The molecule has 1 spiro atoms. The predicted octanol–water partition coefficient (Wildman–Crippen LogP) is 2.36. The predicted molar refractivity (Wildman–Crippen MR) is 81.5 cm³/mol. The first kappa shape index (κ1) is 14.6. The summed E-state index contributed by atoms with van der Waals surface area (Å²) in [4.78, 5) is 11.7. The van der Waals surface area contributed by atoms with E-state index in [1.165, 1.54) is 0 Å². The SMILES string of the molecule is CCCn1cc(NC2CCC3(CC2)OCCO3)ccc1=O. The van der Waals surface area contributed by atoms with Crippen molar-refractivity contribution >= 4 is 5.69 Å². The van der Waals surface area contributed by atoms with Gasteiger partial charge < -0.3 is 19.4 Å². The summed E-state index contributed by atoms with van der Waals surface area (Å²) in [5.41, 5.74) is 1.09. The van der Waals surface area contributed by atoms with Crippen LogP contribution in [0.25, 0.3) is 0 Å². The topological polar surface area (TPSA) is 52.5 Å². The largest absolute Gasteiger partial charge is 0.381 e. The maximum Gasteiger partial charge on any atom is 0.250 e. The lowest BCUT2D eigenvalue weighted by Gasteiger charge is -2.36. The molecule has 1 N–H and O–H groups in total. The van der Waals surface area contributed by atoms with Crippen molar-refractivity contribution in [2.24, 2.45) is 0 Å². The highest BCUT2D eigenvalue weighted by molar-refractivity contribution is 5.41. The molecule has 0 atom stereocenters. The van der Waals surface area contributed by atoms with Gasteiger partial charge in [0, 0.05) is 37.7 Å². The van der Waals surface area contributed by atoms with E-state index in [4.69, 9.17) is 9.47 Å². The molecule has 1 saturated carbocycles. The van der Waals surface area contributed by atoms with E-state index in [9.17, 15) is 4.79 Å². The molecule has 2 fully saturated rings. The van der Waals surface area contributed by atoms with Crippen molar-refractivity contribution in [3.63, 3.8) is 0 Å². The molecule has 5 nitrogen and oxygen atoms in total. The van der Waals surface area contributed by atoms with Crippen LogP contribution in [0.4, 0.5) is 5.69 Å². The molecule has 2 heterocycles. The van der Waals surface area contributed by atoms with E-state index in [1.807, 2.05) is 12.3 Å². The molecule has 1 aliphatic carbocycles. The van der Waals surface area contributed by atoms with Gasteiger partial charge >= 0.3 is 0 Å². The summed E-state index contributed by atoms with van der Waals surface area (Å²) in [6, 6.07) is 3.95. The Hall–Kier alpha value is -1.33. The van der Waals surface area contributed by atoms with Gasteiger partial charge in [0.1, 0.15) is 0 Å². The Morgan fingerprint density at radius 1 is 1.29 bits per heavy atom. The van der Waals surface area contributed by atoms with Gasteiger partial charge in [-0.15, -0.1) is 0 Å². The smallest absolute Gasteiger partial charge is 0.250 e. The van der Waals surface area contributed by atoms with Crippen LogP contribution in [0.1, 0.15) is 39.0 Å². The molecule has 0 aromatic carbocycles. The zero-order chi connectivity index (χ0) is 14.7.